The second kappa shape index (κ2) is 5.68. The normalized spacial score (nSPS) is 10.5. The van der Waals surface area contributed by atoms with Crippen LogP contribution in [0, 0.1) is 0 Å². The maximum absolute atomic E-state index is 11.9. The zero-order valence-electron chi connectivity index (χ0n) is 10.5. The molecule has 7 heteroatoms. The van der Waals surface area contributed by atoms with Crippen LogP contribution in [0.25, 0.3) is 0 Å². The molecule has 2 aromatic rings. The average molecular weight is 279 g/mol. The Morgan fingerprint density at radius 3 is 2.68 bits per heavy atom. The van der Waals surface area contributed by atoms with Gasteiger partial charge in [0.2, 0.25) is 0 Å². The Morgan fingerprint density at radius 1 is 1.26 bits per heavy atom. The van der Waals surface area contributed by atoms with E-state index in [4.69, 9.17) is 4.42 Å². The molecule has 0 aromatic carbocycles. The van der Waals surface area contributed by atoms with E-state index < -0.39 is 0 Å². The standard InChI is InChI=1S/C12H13N3O3S/c1-15(2)14-10(16)8-5-7-19-12(8)13-11(17)9-4-3-6-18-9/h3-7H,1-2H3,(H,13,17)(H,14,16). The van der Waals surface area contributed by atoms with Gasteiger partial charge in [0.15, 0.2) is 5.76 Å². The third-order valence-corrected chi connectivity index (χ3v) is 3.04. The van der Waals surface area contributed by atoms with Crippen molar-refractivity contribution in [2.45, 2.75) is 0 Å². The molecule has 0 aliphatic heterocycles. The lowest BCUT2D eigenvalue weighted by molar-refractivity contribution is 0.0858. The Labute approximate surface area is 114 Å². The van der Waals surface area contributed by atoms with Crippen molar-refractivity contribution in [3.05, 3.63) is 41.2 Å². The number of hydrogen-bond acceptors (Lipinski definition) is 5. The molecule has 6 nitrogen and oxygen atoms in total. The number of thiophene rings is 1. The van der Waals surface area contributed by atoms with Crippen LogP contribution < -0.4 is 10.7 Å². The minimum atomic E-state index is -0.383. The molecule has 0 saturated heterocycles. The van der Waals surface area contributed by atoms with Crippen LogP contribution in [0.5, 0.6) is 0 Å². The summed E-state index contributed by atoms with van der Waals surface area (Å²) in [6, 6.07) is 4.84. The SMILES string of the molecule is CN(C)NC(=O)c1ccsc1NC(=O)c1ccco1. The summed E-state index contributed by atoms with van der Waals surface area (Å²) in [5.74, 6) is -0.459. The largest absolute Gasteiger partial charge is 0.459 e. The highest BCUT2D eigenvalue weighted by molar-refractivity contribution is 7.14. The van der Waals surface area contributed by atoms with E-state index in [2.05, 4.69) is 10.7 Å². The number of nitrogens with zero attached hydrogens (tertiary/aromatic N) is 1. The van der Waals surface area contributed by atoms with Crippen LogP contribution in [-0.4, -0.2) is 30.9 Å². The van der Waals surface area contributed by atoms with Gasteiger partial charge in [0.1, 0.15) is 5.00 Å². The van der Waals surface area contributed by atoms with E-state index in [0.29, 0.717) is 10.6 Å². The van der Waals surface area contributed by atoms with E-state index in [-0.39, 0.29) is 17.6 Å². The third-order valence-electron chi connectivity index (χ3n) is 2.21. The van der Waals surface area contributed by atoms with E-state index in [1.54, 1.807) is 37.7 Å². The topological polar surface area (TPSA) is 74.6 Å². The number of amides is 2. The smallest absolute Gasteiger partial charge is 0.291 e. The summed E-state index contributed by atoms with van der Waals surface area (Å²) in [4.78, 5) is 23.7. The van der Waals surface area contributed by atoms with Gasteiger partial charge in [-0.15, -0.1) is 11.3 Å². The first kappa shape index (κ1) is 13.3. The first-order chi connectivity index (χ1) is 9.08. The monoisotopic (exact) mass is 279 g/mol. The lowest BCUT2D eigenvalue weighted by Gasteiger charge is -2.12. The van der Waals surface area contributed by atoms with E-state index in [1.165, 1.54) is 22.6 Å². The summed E-state index contributed by atoms with van der Waals surface area (Å²) in [6.07, 6.45) is 1.42. The highest BCUT2D eigenvalue weighted by Crippen LogP contribution is 2.23. The molecule has 100 valence electrons. The molecular weight excluding hydrogens is 266 g/mol. The van der Waals surface area contributed by atoms with Gasteiger partial charge in [0.25, 0.3) is 11.8 Å². The van der Waals surface area contributed by atoms with Crippen LogP contribution in [0.1, 0.15) is 20.9 Å². The molecular formula is C12H13N3O3S. The highest BCUT2D eigenvalue weighted by atomic mass is 32.1. The Hall–Kier alpha value is -2.12. The fraction of sp³-hybridized carbons (Fsp3) is 0.167. The van der Waals surface area contributed by atoms with Crippen LogP contribution in [-0.2, 0) is 0 Å². The van der Waals surface area contributed by atoms with Gasteiger partial charge in [-0.05, 0) is 23.6 Å². The van der Waals surface area contributed by atoms with E-state index in [1.807, 2.05) is 0 Å². The summed E-state index contributed by atoms with van der Waals surface area (Å²) in [6.45, 7) is 0. The summed E-state index contributed by atoms with van der Waals surface area (Å²) in [7, 11) is 3.43. The van der Waals surface area contributed by atoms with Gasteiger partial charge in [-0.25, -0.2) is 5.01 Å². The lowest BCUT2D eigenvalue weighted by atomic mass is 10.3. The van der Waals surface area contributed by atoms with Crippen LogP contribution in [0.4, 0.5) is 5.00 Å². The summed E-state index contributed by atoms with van der Waals surface area (Å²) in [5, 5.41) is 6.42. The van der Waals surface area contributed by atoms with Crippen molar-refractivity contribution in [2.24, 2.45) is 0 Å². The van der Waals surface area contributed by atoms with Crippen molar-refractivity contribution in [3.8, 4) is 0 Å². The Kier molecular flexibility index (Phi) is 3.98. The zero-order valence-corrected chi connectivity index (χ0v) is 11.3. The van der Waals surface area contributed by atoms with Gasteiger partial charge >= 0.3 is 0 Å². The molecule has 0 bridgehead atoms. The van der Waals surface area contributed by atoms with Crippen LogP contribution in [0.2, 0.25) is 0 Å². The number of hydrazine groups is 1. The highest BCUT2D eigenvalue weighted by Gasteiger charge is 2.17. The number of rotatable bonds is 4. The van der Waals surface area contributed by atoms with Crippen molar-refractivity contribution in [2.75, 3.05) is 19.4 Å². The minimum absolute atomic E-state index is 0.201. The number of furan rings is 1. The first-order valence-corrected chi connectivity index (χ1v) is 6.36. The predicted molar refractivity (Wildman–Crippen MR) is 72.1 cm³/mol. The molecule has 2 amide bonds. The first-order valence-electron chi connectivity index (χ1n) is 5.48. The van der Waals surface area contributed by atoms with Crippen molar-refractivity contribution in [1.82, 2.24) is 10.4 Å². The zero-order chi connectivity index (χ0) is 13.8. The molecule has 0 fully saturated rings. The molecule has 0 radical (unpaired) electrons. The van der Waals surface area contributed by atoms with Gasteiger partial charge in [0.05, 0.1) is 11.8 Å². The second-order valence-corrected chi connectivity index (χ2v) is 4.85. The predicted octanol–water partition coefficient (Wildman–Crippen LogP) is 1.80. The van der Waals surface area contributed by atoms with Gasteiger partial charge < -0.3 is 9.73 Å². The molecule has 2 N–H and O–H groups in total. The molecule has 0 spiro atoms. The fourth-order valence-electron chi connectivity index (χ4n) is 1.42. The molecule has 0 unspecified atom stereocenters. The molecule has 0 atom stereocenters. The quantitative estimate of drug-likeness (QED) is 0.837. The van der Waals surface area contributed by atoms with Crippen molar-refractivity contribution in [3.63, 3.8) is 0 Å². The minimum Gasteiger partial charge on any atom is -0.459 e. The second-order valence-electron chi connectivity index (χ2n) is 3.93. The van der Waals surface area contributed by atoms with Crippen molar-refractivity contribution < 1.29 is 14.0 Å². The van der Waals surface area contributed by atoms with Crippen molar-refractivity contribution >= 4 is 28.2 Å². The molecule has 19 heavy (non-hydrogen) atoms. The molecule has 2 aromatic heterocycles. The maximum atomic E-state index is 11.9. The van der Waals surface area contributed by atoms with E-state index in [0.717, 1.165) is 0 Å². The van der Waals surface area contributed by atoms with Crippen LogP contribution in [0.15, 0.2) is 34.3 Å². The summed E-state index contributed by atoms with van der Waals surface area (Å²) < 4.78 is 4.99. The van der Waals surface area contributed by atoms with Gasteiger partial charge in [0, 0.05) is 14.1 Å². The number of carbonyl (C=O) groups is 2. The van der Waals surface area contributed by atoms with Gasteiger partial charge in [-0.3, -0.25) is 15.0 Å². The summed E-state index contributed by atoms with van der Waals surface area (Å²) in [5.41, 5.74) is 3.04. The van der Waals surface area contributed by atoms with Crippen molar-refractivity contribution in [1.29, 1.82) is 0 Å². The number of carbonyl (C=O) groups excluding carboxylic acids is 2. The van der Waals surface area contributed by atoms with Gasteiger partial charge in [-0.1, -0.05) is 0 Å². The Bertz CT molecular complexity index is 575. The Morgan fingerprint density at radius 2 is 2.05 bits per heavy atom. The van der Waals surface area contributed by atoms with Gasteiger partial charge in [-0.2, -0.15) is 0 Å². The third kappa shape index (κ3) is 3.21. The van der Waals surface area contributed by atoms with E-state index in [9.17, 15) is 9.59 Å². The Balaban J connectivity index is 2.12. The number of anilines is 1. The molecule has 0 aliphatic carbocycles. The van der Waals surface area contributed by atoms with E-state index >= 15 is 0 Å². The molecule has 0 aliphatic rings. The fourth-order valence-corrected chi connectivity index (χ4v) is 2.20. The van der Waals surface area contributed by atoms with Crippen LogP contribution >= 0.6 is 11.3 Å². The molecule has 0 saturated carbocycles. The van der Waals surface area contributed by atoms with Crippen LogP contribution in [0.3, 0.4) is 0 Å². The summed E-state index contributed by atoms with van der Waals surface area (Å²) >= 11 is 1.28. The molecule has 2 heterocycles. The molecule has 2 rings (SSSR count). The average Bonchev–Trinajstić information content (AvgIpc) is 2.98. The lowest BCUT2D eigenvalue weighted by Crippen LogP contribution is -2.36. The maximum Gasteiger partial charge on any atom is 0.291 e. The number of nitrogens with one attached hydrogen (secondary N) is 2. The number of hydrogen-bond donors (Lipinski definition) is 2.